The monoisotopic (exact) mass is 239 g/mol. The molecule has 0 N–H and O–H groups in total. The Morgan fingerprint density at radius 3 is 2.50 bits per heavy atom. The molecule has 0 spiro atoms. The molecule has 1 rings (SSSR count). The Morgan fingerprint density at radius 2 is 2.14 bits per heavy atom. The first-order valence-electron chi connectivity index (χ1n) is 4.44. The van der Waals surface area contributed by atoms with Gasteiger partial charge in [0, 0.05) is 13.1 Å². The molecule has 4 nitrogen and oxygen atoms in total. The van der Waals surface area contributed by atoms with Crippen LogP contribution in [0.1, 0.15) is 13.3 Å². The second-order valence-corrected chi connectivity index (χ2v) is 6.51. The quantitative estimate of drug-likeness (QED) is 0.650. The van der Waals surface area contributed by atoms with Gasteiger partial charge in [0.2, 0.25) is 5.91 Å². The Labute approximate surface area is 89.1 Å². The second kappa shape index (κ2) is 4.06. The Hall–Kier alpha value is -0.290. The number of halogens is 1. The van der Waals surface area contributed by atoms with Gasteiger partial charge in [-0.25, -0.2) is 8.42 Å². The summed E-state index contributed by atoms with van der Waals surface area (Å²) in [6, 6.07) is -0.200. The van der Waals surface area contributed by atoms with Gasteiger partial charge >= 0.3 is 0 Å². The van der Waals surface area contributed by atoms with Gasteiger partial charge in [0.05, 0.1) is 11.5 Å². The second-order valence-electron chi connectivity index (χ2n) is 3.62. The molecule has 0 unspecified atom stereocenters. The van der Waals surface area contributed by atoms with Gasteiger partial charge in [-0.3, -0.25) is 4.79 Å². The zero-order valence-corrected chi connectivity index (χ0v) is 9.81. The van der Waals surface area contributed by atoms with Gasteiger partial charge < -0.3 is 4.90 Å². The van der Waals surface area contributed by atoms with E-state index in [4.69, 9.17) is 11.6 Å². The number of rotatable bonds is 2. The van der Waals surface area contributed by atoms with Crippen LogP contribution in [-0.2, 0) is 14.6 Å². The fourth-order valence-corrected chi connectivity index (χ4v) is 3.47. The summed E-state index contributed by atoms with van der Waals surface area (Å²) in [4.78, 5) is 12.9. The molecule has 0 radical (unpaired) electrons. The summed E-state index contributed by atoms with van der Waals surface area (Å²) in [6.45, 7) is 1.59. The largest absolute Gasteiger partial charge is 0.340 e. The smallest absolute Gasteiger partial charge is 0.240 e. The maximum atomic E-state index is 11.4. The lowest BCUT2D eigenvalue weighted by Gasteiger charge is -2.24. The molecular weight excluding hydrogens is 226 g/mol. The first-order chi connectivity index (χ1) is 6.33. The maximum Gasteiger partial charge on any atom is 0.240 e. The molecule has 0 aromatic rings. The van der Waals surface area contributed by atoms with Crippen LogP contribution in [0.25, 0.3) is 0 Å². The molecule has 1 aliphatic rings. The summed E-state index contributed by atoms with van der Waals surface area (Å²) >= 11 is 5.63. The number of nitrogens with zero attached hydrogens (tertiary/aromatic N) is 1. The first kappa shape index (κ1) is 11.8. The van der Waals surface area contributed by atoms with Crippen molar-refractivity contribution in [2.24, 2.45) is 0 Å². The summed E-state index contributed by atoms with van der Waals surface area (Å²) in [5.41, 5.74) is 0. The van der Waals surface area contributed by atoms with E-state index in [9.17, 15) is 13.2 Å². The van der Waals surface area contributed by atoms with E-state index >= 15 is 0 Å². The van der Waals surface area contributed by atoms with E-state index in [-0.39, 0.29) is 23.5 Å². The van der Waals surface area contributed by atoms with E-state index in [1.807, 2.05) is 0 Å². The molecule has 82 valence electrons. The van der Waals surface area contributed by atoms with Crippen LogP contribution in [0.3, 0.4) is 0 Å². The molecule has 0 bridgehead atoms. The van der Waals surface area contributed by atoms with Crippen LogP contribution in [0.2, 0.25) is 0 Å². The number of carbonyl (C=O) groups is 1. The molecule has 1 aliphatic heterocycles. The normalized spacial score (nSPS) is 27.2. The predicted molar refractivity (Wildman–Crippen MR) is 55.1 cm³/mol. The van der Waals surface area contributed by atoms with Crippen molar-refractivity contribution in [3.63, 3.8) is 0 Å². The topological polar surface area (TPSA) is 54.5 Å². The van der Waals surface area contributed by atoms with Crippen molar-refractivity contribution in [1.82, 2.24) is 4.90 Å². The van der Waals surface area contributed by atoms with Crippen LogP contribution in [0, 0.1) is 0 Å². The molecule has 0 aromatic carbocycles. The van der Waals surface area contributed by atoms with Gasteiger partial charge in [-0.05, 0) is 13.3 Å². The van der Waals surface area contributed by atoms with Crippen LogP contribution >= 0.6 is 11.6 Å². The molecule has 6 heteroatoms. The minimum atomic E-state index is -2.94. The van der Waals surface area contributed by atoms with E-state index in [0.717, 1.165) is 0 Å². The molecule has 1 fully saturated rings. The minimum Gasteiger partial charge on any atom is -0.340 e. The fourth-order valence-electron chi connectivity index (χ4n) is 1.54. The number of hydrogen-bond donors (Lipinski definition) is 0. The van der Waals surface area contributed by atoms with E-state index in [2.05, 4.69) is 0 Å². The number of hydrogen-bond acceptors (Lipinski definition) is 3. The van der Waals surface area contributed by atoms with Gasteiger partial charge in [0.25, 0.3) is 0 Å². The number of amides is 1. The van der Waals surface area contributed by atoms with Crippen molar-refractivity contribution in [2.45, 2.75) is 24.8 Å². The number of carbonyl (C=O) groups excluding carboxylic acids is 1. The van der Waals surface area contributed by atoms with E-state index in [0.29, 0.717) is 6.42 Å². The average Bonchev–Trinajstić information content (AvgIpc) is 2.43. The number of alkyl halides is 1. The lowest BCUT2D eigenvalue weighted by molar-refractivity contribution is -0.130. The fraction of sp³-hybridized carbons (Fsp3) is 0.875. The highest BCUT2D eigenvalue weighted by molar-refractivity contribution is 7.91. The maximum absolute atomic E-state index is 11.4. The molecular formula is C8H14ClNO3S. The van der Waals surface area contributed by atoms with Gasteiger partial charge in [-0.15, -0.1) is 11.6 Å². The SMILES string of the molecule is C[C@@H](Cl)C(=O)N(C)[C@@H]1CCS(=O)(=O)C1. The third kappa shape index (κ3) is 2.60. The van der Waals surface area contributed by atoms with Crippen molar-refractivity contribution >= 4 is 27.3 Å². The summed E-state index contributed by atoms with van der Waals surface area (Å²) in [6.07, 6.45) is 0.522. The van der Waals surface area contributed by atoms with E-state index in [1.165, 1.54) is 4.90 Å². The van der Waals surface area contributed by atoms with Crippen LogP contribution in [0.5, 0.6) is 0 Å². The summed E-state index contributed by atoms with van der Waals surface area (Å²) in [7, 11) is -1.33. The zero-order chi connectivity index (χ0) is 10.9. The molecule has 2 atom stereocenters. The zero-order valence-electron chi connectivity index (χ0n) is 8.23. The van der Waals surface area contributed by atoms with Gasteiger partial charge in [-0.2, -0.15) is 0 Å². The van der Waals surface area contributed by atoms with Crippen molar-refractivity contribution in [3.8, 4) is 0 Å². The molecule has 1 heterocycles. The van der Waals surface area contributed by atoms with E-state index in [1.54, 1.807) is 14.0 Å². The molecule has 0 aromatic heterocycles. The Kier molecular flexibility index (Phi) is 3.42. The van der Waals surface area contributed by atoms with Crippen LogP contribution < -0.4 is 0 Å². The molecule has 1 amide bonds. The van der Waals surface area contributed by atoms with E-state index < -0.39 is 15.2 Å². The third-order valence-electron chi connectivity index (χ3n) is 2.44. The Bertz CT molecular complexity index is 325. The van der Waals surface area contributed by atoms with Gasteiger partial charge in [-0.1, -0.05) is 0 Å². The minimum absolute atomic E-state index is 0.0683. The summed E-state index contributed by atoms with van der Waals surface area (Å²) in [5.74, 6) is 0.0268. The average molecular weight is 240 g/mol. The lowest BCUT2D eigenvalue weighted by Crippen LogP contribution is -2.41. The van der Waals surface area contributed by atoms with Gasteiger partial charge in [0.1, 0.15) is 5.38 Å². The predicted octanol–water partition coefficient (Wildman–Crippen LogP) is 0.259. The highest BCUT2D eigenvalue weighted by Crippen LogP contribution is 2.17. The van der Waals surface area contributed by atoms with Crippen molar-refractivity contribution in [3.05, 3.63) is 0 Å². The molecule has 0 aliphatic carbocycles. The standard InChI is InChI=1S/C8H14ClNO3S/c1-6(9)8(11)10(2)7-3-4-14(12,13)5-7/h6-7H,3-5H2,1-2H3/t6-,7-/m1/s1. The Balaban J connectivity index is 2.64. The van der Waals surface area contributed by atoms with Crippen molar-refractivity contribution in [2.75, 3.05) is 18.6 Å². The van der Waals surface area contributed by atoms with Crippen molar-refractivity contribution < 1.29 is 13.2 Å². The highest BCUT2D eigenvalue weighted by Gasteiger charge is 2.33. The first-order valence-corrected chi connectivity index (χ1v) is 6.70. The summed E-state index contributed by atoms with van der Waals surface area (Å²) in [5, 5.41) is -0.594. The van der Waals surface area contributed by atoms with Crippen LogP contribution in [0.4, 0.5) is 0 Å². The highest BCUT2D eigenvalue weighted by atomic mass is 35.5. The van der Waals surface area contributed by atoms with Crippen LogP contribution in [-0.4, -0.2) is 49.2 Å². The summed E-state index contributed by atoms with van der Waals surface area (Å²) < 4.78 is 22.3. The lowest BCUT2D eigenvalue weighted by atomic mass is 10.2. The molecule has 14 heavy (non-hydrogen) atoms. The molecule has 1 saturated heterocycles. The van der Waals surface area contributed by atoms with Gasteiger partial charge in [0.15, 0.2) is 9.84 Å². The number of sulfone groups is 1. The molecule has 0 saturated carbocycles. The Morgan fingerprint density at radius 1 is 1.57 bits per heavy atom. The van der Waals surface area contributed by atoms with Crippen molar-refractivity contribution in [1.29, 1.82) is 0 Å². The van der Waals surface area contributed by atoms with Crippen LogP contribution in [0.15, 0.2) is 0 Å². The third-order valence-corrected chi connectivity index (χ3v) is 4.38.